The number of halogens is 1. The number of nitrogens with one attached hydrogen (secondary N) is 1. The minimum Gasteiger partial charge on any atom is -0.490 e. The molecule has 7 nitrogen and oxygen atoms in total. The summed E-state index contributed by atoms with van der Waals surface area (Å²) in [6, 6.07) is 11.3. The Balaban J connectivity index is 1.50. The maximum Gasteiger partial charge on any atom is 0.264 e. The van der Waals surface area contributed by atoms with Gasteiger partial charge >= 0.3 is 0 Å². The number of hydrogen-bond acceptors (Lipinski definition) is 6. The first-order chi connectivity index (χ1) is 21.0. The van der Waals surface area contributed by atoms with Gasteiger partial charge in [-0.05, 0) is 104 Å². The van der Waals surface area contributed by atoms with E-state index in [1.807, 2.05) is 19.9 Å². The average molecular weight is 641 g/mol. The van der Waals surface area contributed by atoms with Crippen LogP contribution in [-0.4, -0.2) is 50.5 Å². The van der Waals surface area contributed by atoms with E-state index in [4.69, 9.17) is 16.3 Å². The number of anilines is 1. The van der Waals surface area contributed by atoms with Crippen molar-refractivity contribution in [2.75, 3.05) is 24.6 Å². The van der Waals surface area contributed by atoms with Crippen LogP contribution in [0.25, 0.3) is 0 Å². The molecule has 1 amide bonds. The number of sulfonamides is 1. The third kappa shape index (κ3) is 6.58. The zero-order valence-electron chi connectivity index (χ0n) is 25.8. The highest BCUT2D eigenvalue weighted by Gasteiger charge is 2.44. The van der Waals surface area contributed by atoms with E-state index in [9.17, 15) is 18.3 Å². The van der Waals surface area contributed by atoms with Crippen LogP contribution in [-0.2, 0) is 21.9 Å². The van der Waals surface area contributed by atoms with Gasteiger partial charge in [-0.3, -0.25) is 4.79 Å². The molecule has 3 aliphatic rings. The molecule has 238 valence electrons. The Morgan fingerprint density at radius 1 is 1.18 bits per heavy atom. The van der Waals surface area contributed by atoms with Crippen molar-refractivity contribution in [3.63, 3.8) is 0 Å². The second kappa shape index (κ2) is 13.3. The second-order valence-electron chi connectivity index (χ2n) is 13.2. The Hall–Kier alpha value is -2.81. The van der Waals surface area contributed by atoms with Crippen molar-refractivity contribution in [3.05, 3.63) is 83.4 Å². The fourth-order valence-electron chi connectivity index (χ4n) is 7.40. The number of hydrogen-bond donors (Lipinski definition) is 2. The first kappa shape index (κ1) is 32.6. The van der Waals surface area contributed by atoms with Crippen molar-refractivity contribution < 1.29 is 23.1 Å². The number of benzene rings is 2. The molecule has 0 saturated heterocycles. The molecule has 2 N–H and O–H groups in total. The molecule has 0 unspecified atom stereocenters. The molecule has 0 bridgehead atoms. The molecule has 1 heterocycles. The average Bonchev–Trinajstić information content (AvgIpc) is 3.10. The van der Waals surface area contributed by atoms with Crippen molar-refractivity contribution in [2.24, 2.45) is 17.8 Å². The van der Waals surface area contributed by atoms with Crippen LogP contribution in [0.15, 0.2) is 61.7 Å². The Bertz CT molecular complexity index is 1510. The van der Waals surface area contributed by atoms with Crippen LogP contribution in [0.3, 0.4) is 0 Å². The van der Waals surface area contributed by atoms with Crippen LogP contribution >= 0.6 is 11.6 Å². The molecule has 2 aromatic carbocycles. The molecule has 5 atom stereocenters. The zero-order valence-corrected chi connectivity index (χ0v) is 27.4. The summed E-state index contributed by atoms with van der Waals surface area (Å²) >= 11 is 6.39. The summed E-state index contributed by atoms with van der Waals surface area (Å²) in [6.45, 7) is 13.0. The summed E-state index contributed by atoms with van der Waals surface area (Å²) in [7, 11) is -3.93. The van der Waals surface area contributed by atoms with Crippen molar-refractivity contribution in [1.29, 1.82) is 0 Å². The fourth-order valence-corrected chi connectivity index (χ4v) is 9.23. The van der Waals surface area contributed by atoms with Crippen LogP contribution in [0.2, 0.25) is 5.02 Å². The predicted octanol–water partition coefficient (Wildman–Crippen LogP) is 6.44. The number of fused-ring (bicyclic) bond motifs is 3. The normalized spacial score (nSPS) is 24.2. The number of aryl methyl sites for hydroxylation is 1. The van der Waals surface area contributed by atoms with Gasteiger partial charge in [0.2, 0.25) is 10.0 Å². The van der Waals surface area contributed by atoms with Gasteiger partial charge in [-0.25, -0.2) is 13.1 Å². The van der Waals surface area contributed by atoms with Crippen molar-refractivity contribution >= 4 is 33.2 Å². The smallest absolute Gasteiger partial charge is 0.264 e. The van der Waals surface area contributed by atoms with E-state index < -0.39 is 27.3 Å². The molecule has 2 aliphatic carbocycles. The molecular formula is C35H45ClN2O5S. The lowest BCUT2D eigenvalue weighted by molar-refractivity contribution is 0.0178. The van der Waals surface area contributed by atoms with E-state index in [2.05, 4.69) is 34.9 Å². The van der Waals surface area contributed by atoms with E-state index in [1.165, 1.54) is 11.1 Å². The minimum atomic E-state index is -3.93. The Morgan fingerprint density at radius 2 is 1.95 bits per heavy atom. The van der Waals surface area contributed by atoms with Crippen LogP contribution in [0.5, 0.6) is 5.75 Å². The third-order valence-corrected chi connectivity index (χ3v) is 12.1. The number of aliphatic hydroxyl groups is 1. The molecule has 5 rings (SSSR count). The van der Waals surface area contributed by atoms with E-state index in [0.29, 0.717) is 31.9 Å². The number of nitrogens with zero attached hydrogens (tertiary/aromatic N) is 1. The van der Waals surface area contributed by atoms with Crippen molar-refractivity contribution in [3.8, 4) is 5.75 Å². The lowest BCUT2D eigenvalue weighted by Gasteiger charge is -2.45. The Morgan fingerprint density at radius 3 is 2.64 bits per heavy atom. The predicted molar refractivity (Wildman–Crippen MR) is 177 cm³/mol. The number of carbonyl (C=O) groups excluding carboxylic acids is 1. The lowest BCUT2D eigenvalue weighted by atomic mass is 9.68. The fraction of sp³-hybridized carbons (Fsp3) is 0.514. The first-order valence-electron chi connectivity index (χ1n) is 15.7. The summed E-state index contributed by atoms with van der Waals surface area (Å²) in [6.07, 6.45) is 8.60. The molecule has 0 radical (unpaired) electrons. The maximum absolute atomic E-state index is 13.4. The van der Waals surface area contributed by atoms with Crippen molar-refractivity contribution in [1.82, 2.24) is 4.72 Å². The molecule has 2 aromatic rings. The summed E-state index contributed by atoms with van der Waals surface area (Å²) in [4.78, 5) is 15.7. The minimum absolute atomic E-state index is 0.170. The molecule has 9 heteroatoms. The molecule has 0 aromatic heterocycles. The maximum atomic E-state index is 13.4. The number of ether oxygens (including phenoxy) is 1. The largest absolute Gasteiger partial charge is 0.490 e. The first-order valence-corrected chi connectivity index (χ1v) is 17.7. The number of amides is 1. The van der Waals surface area contributed by atoms with E-state index in [-0.39, 0.29) is 35.2 Å². The highest BCUT2D eigenvalue weighted by atomic mass is 35.5. The van der Waals surface area contributed by atoms with Gasteiger partial charge in [-0.1, -0.05) is 43.7 Å². The van der Waals surface area contributed by atoms with Crippen LogP contribution in [0.4, 0.5) is 5.69 Å². The molecule has 1 spiro atoms. The van der Waals surface area contributed by atoms with Gasteiger partial charge in [0, 0.05) is 29.1 Å². The Kier molecular flexibility index (Phi) is 9.83. The summed E-state index contributed by atoms with van der Waals surface area (Å²) in [5.74, 6) is 0.248. The summed E-state index contributed by atoms with van der Waals surface area (Å²) in [5, 5.41) is 10.8. The van der Waals surface area contributed by atoms with Crippen LogP contribution < -0.4 is 14.4 Å². The number of rotatable bonds is 11. The number of aliphatic hydroxyl groups excluding tert-OH is 1. The quantitative estimate of drug-likeness (QED) is 0.275. The monoisotopic (exact) mass is 640 g/mol. The zero-order chi connectivity index (χ0) is 31.6. The van der Waals surface area contributed by atoms with Gasteiger partial charge < -0.3 is 14.7 Å². The topological polar surface area (TPSA) is 95.9 Å². The summed E-state index contributed by atoms with van der Waals surface area (Å²) in [5.41, 5.74) is 3.23. The number of allylic oxidation sites excluding steroid dienone is 1. The van der Waals surface area contributed by atoms with Gasteiger partial charge in [0.25, 0.3) is 5.91 Å². The standard InChI is InChI=1S/C35H45ClN2O5S/c1-5-8-31(39)28-14-11-26(28)20-38-21-35(17-7-10-24-18-27(36)13-15-29(24)35)22-43-32-16-12-25(19-30(32)38)34(40)37-44(41,42)33(9-6-2)23(3)4/h5-6,12-13,15-16,18-19,23,26,28,31,33,39H,1-2,7-11,14,17,20-22H2,3-4H3,(H,37,40)/t26-,28+,31+,33+,35-/m0/s1. The molecular weight excluding hydrogens is 596 g/mol. The van der Waals surface area contributed by atoms with Gasteiger partial charge in [-0.15, -0.1) is 13.2 Å². The van der Waals surface area contributed by atoms with Crippen molar-refractivity contribution in [2.45, 2.75) is 75.6 Å². The SMILES string of the molecule is C=CC[C@@H](O)[C@@H]1CC[C@H]1CN1C[C@@]2(CCCc3cc(Cl)ccc32)COc2ccc(C(=O)NS(=O)(=O)[C@H](CC=C)C(C)C)cc21. The molecule has 1 fully saturated rings. The van der Waals surface area contributed by atoms with Gasteiger partial charge in [0.15, 0.2) is 0 Å². The Labute approximate surface area is 267 Å². The van der Waals surface area contributed by atoms with E-state index in [0.717, 1.165) is 42.8 Å². The highest BCUT2D eigenvalue weighted by molar-refractivity contribution is 7.90. The summed E-state index contributed by atoms with van der Waals surface area (Å²) < 4.78 is 35.2. The lowest BCUT2D eigenvalue weighted by Crippen LogP contribution is -2.49. The second-order valence-corrected chi connectivity index (χ2v) is 15.5. The van der Waals surface area contributed by atoms with E-state index >= 15 is 0 Å². The van der Waals surface area contributed by atoms with E-state index in [1.54, 1.807) is 30.4 Å². The number of carbonyl (C=O) groups is 1. The highest BCUT2D eigenvalue weighted by Crippen LogP contribution is 2.46. The molecule has 1 saturated carbocycles. The van der Waals surface area contributed by atoms with Gasteiger partial charge in [-0.2, -0.15) is 0 Å². The molecule has 1 aliphatic heterocycles. The van der Waals surface area contributed by atoms with Crippen LogP contribution in [0, 0.1) is 17.8 Å². The molecule has 44 heavy (non-hydrogen) atoms. The van der Waals surface area contributed by atoms with Crippen LogP contribution in [0.1, 0.15) is 73.9 Å². The van der Waals surface area contributed by atoms with Gasteiger partial charge in [0.05, 0.1) is 23.6 Å². The third-order valence-electron chi connectivity index (χ3n) is 9.91. The van der Waals surface area contributed by atoms with Gasteiger partial charge in [0.1, 0.15) is 5.75 Å².